The molecule has 0 spiro atoms. The summed E-state index contributed by atoms with van der Waals surface area (Å²) in [4.78, 5) is 29.4. The van der Waals surface area contributed by atoms with Gasteiger partial charge in [-0.1, -0.05) is 29.3 Å². The molecule has 0 saturated carbocycles. The largest absolute Gasteiger partial charge is 0.487 e. The number of carboxylic acid groups (broad SMARTS) is 1. The SMILES string of the molecule is O=C(O)CN(CCC(O)(Cn1cncn1)c1ccc(Cl)cc1Cl)C(=O)c1ccc(OCC(F)(F)C(F)F)cc1. The van der Waals surface area contributed by atoms with Crippen LogP contribution in [-0.4, -0.2) is 73.8 Å². The van der Waals surface area contributed by atoms with Crippen LogP contribution in [0.2, 0.25) is 10.0 Å². The summed E-state index contributed by atoms with van der Waals surface area (Å²) in [5.41, 5.74) is -1.51. The molecule has 0 aliphatic heterocycles. The van der Waals surface area contributed by atoms with Crippen LogP contribution in [0.3, 0.4) is 0 Å². The van der Waals surface area contributed by atoms with E-state index >= 15 is 0 Å². The third kappa shape index (κ3) is 8.04. The summed E-state index contributed by atoms with van der Waals surface area (Å²) in [5, 5.41) is 25.4. The van der Waals surface area contributed by atoms with Crippen LogP contribution < -0.4 is 4.74 Å². The highest BCUT2D eigenvalue weighted by Crippen LogP contribution is 2.35. The van der Waals surface area contributed by atoms with Crippen molar-refractivity contribution in [1.29, 1.82) is 0 Å². The van der Waals surface area contributed by atoms with Gasteiger partial charge in [-0.05, 0) is 42.8 Å². The Hall–Kier alpha value is -3.42. The molecule has 0 bridgehead atoms. The molecule has 210 valence electrons. The quantitative estimate of drug-likeness (QED) is 0.283. The van der Waals surface area contributed by atoms with E-state index in [4.69, 9.17) is 23.2 Å². The molecule has 1 unspecified atom stereocenters. The summed E-state index contributed by atoms with van der Waals surface area (Å²) in [7, 11) is 0. The maximum absolute atomic E-state index is 13.1. The molecule has 2 aromatic carbocycles. The number of carbonyl (C=O) groups is 2. The molecule has 0 aliphatic carbocycles. The fourth-order valence-electron chi connectivity index (χ4n) is 3.60. The monoisotopic (exact) mass is 592 g/mol. The number of alkyl halides is 4. The Bertz CT molecular complexity index is 1280. The van der Waals surface area contributed by atoms with Gasteiger partial charge in [-0.2, -0.15) is 13.9 Å². The predicted molar refractivity (Wildman–Crippen MR) is 131 cm³/mol. The van der Waals surface area contributed by atoms with E-state index in [9.17, 15) is 37.4 Å². The average molecular weight is 593 g/mol. The molecule has 1 atom stereocenters. The van der Waals surface area contributed by atoms with E-state index in [1.807, 2.05) is 0 Å². The number of carbonyl (C=O) groups excluding carboxylic acids is 1. The maximum atomic E-state index is 13.1. The van der Waals surface area contributed by atoms with Gasteiger partial charge in [0.05, 0.1) is 6.54 Å². The zero-order valence-corrected chi connectivity index (χ0v) is 21.5. The Kier molecular flexibility index (Phi) is 9.75. The molecule has 2 N–H and O–H groups in total. The molecule has 0 radical (unpaired) electrons. The van der Waals surface area contributed by atoms with Crippen molar-refractivity contribution < 1.29 is 42.1 Å². The zero-order chi connectivity index (χ0) is 28.8. The second-order valence-corrected chi connectivity index (χ2v) is 9.34. The molecule has 3 rings (SSSR count). The highest BCUT2D eigenvalue weighted by Gasteiger charge is 2.41. The van der Waals surface area contributed by atoms with Gasteiger partial charge in [0.1, 0.15) is 30.5 Å². The van der Waals surface area contributed by atoms with Crippen molar-refractivity contribution in [2.75, 3.05) is 19.7 Å². The number of amides is 1. The summed E-state index contributed by atoms with van der Waals surface area (Å²) in [6.45, 7) is -2.70. The van der Waals surface area contributed by atoms with Crippen molar-refractivity contribution in [3.63, 3.8) is 0 Å². The number of aliphatic hydroxyl groups is 1. The molecule has 0 aliphatic rings. The Morgan fingerprint density at radius 1 is 1.13 bits per heavy atom. The van der Waals surface area contributed by atoms with Crippen LogP contribution in [0, 0.1) is 0 Å². The van der Waals surface area contributed by atoms with E-state index in [-0.39, 0.29) is 41.4 Å². The Morgan fingerprint density at radius 3 is 2.38 bits per heavy atom. The number of nitrogens with zero attached hydrogens (tertiary/aromatic N) is 4. The minimum Gasteiger partial charge on any atom is -0.487 e. The van der Waals surface area contributed by atoms with E-state index in [0.29, 0.717) is 5.02 Å². The third-order valence-electron chi connectivity index (χ3n) is 5.58. The lowest BCUT2D eigenvalue weighted by molar-refractivity contribution is -0.148. The van der Waals surface area contributed by atoms with Crippen LogP contribution in [0.25, 0.3) is 0 Å². The topological polar surface area (TPSA) is 118 Å². The van der Waals surface area contributed by atoms with Gasteiger partial charge in [-0.3, -0.25) is 9.59 Å². The summed E-state index contributed by atoms with van der Waals surface area (Å²) in [6, 6.07) is 9.00. The average Bonchev–Trinajstić information content (AvgIpc) is 3.37. The van der Waals surface area contributed by atoms with Crippen molar-refractivity contribution in [3.8, 4) is 5.75 Å². The van der Waals surface area contributed by atoms with Gasteiger partial charge in [0.2, 0.25) is 0 Å². The van der Waals surface area contributed by atoms with Crippen LogP contribution in [0.15, 0.2) is 55.1 Å². The Balaban J connectivity index is 1.80. The summed E-state index contributed by atoms with van der Waals surface area (Å²) >= 11 is 12.3. The van der Waals surface area contributed by atoms with Crippen LogP contribution >= 0.6 is 23.2 Å². The molecule has 39 heavy (non-hydrogen) atoms. The normalized spacial score (nSPS) is 13.2. The second kappa shape index (κ2) is 12.6. The van der Waals surface area contributed by atoms with Crippen molar-refractivity contribution in [1.82, 2.24) is 19.7 Å². The number of aliphatic carboxylic acids is 1. The lowest BCUT2D eigenvalue weighted by atomic mass is 9.89. The second-order valence-electron chi connectivity index (χ2n) is 8.49. The standard InChI is InChI=1S/C24H22Cl2F4N4O5/c25-16-3-6-18(19(26)9-16)23(38,11-34-14-31-13-32-34)7-8-33(10-20(35)36)21(37)15-1-4-17(5-2-15)39-12-24(29,30)22(27)28/h1-6,9,13-14,22,38H,7-8,10-12H2,(H,35,36). The van der Waals surface area contributed by atoms with Crippen LogP contribution in [-0.2, 0) is 16.9 Å². The smallest absolute Gasteiger partial charge is 0.340 e. The predicted octanol–water partition coefficient (Wildman–Crippen LogP) is 4.37. The van der Waals surface area contributed by atoms with E-state index in [1.165, 1.54) is 47.7 Å². The zero-order valence-electron chi connectivity index (χ0n) is 20.0. The first-order chi connectivity index (χ1) is 18.3. The fraction of sp³-hybridized carbons (Fsp3) is 0.333. The van der Waals surface area contributed by atoms with Crippen LogP contribution in [0.4, 0.5) is 17.6 Å². The van der Waals surface area contributed by atoms with Crippen molar-refractivity contribution in [3.05, 3.63) is 76.3 Å². The van der Waals surface area contributed by atoms with Gasteiger partial charge in [0.15, 0.2) is 6.61 Å². The van der Waals surface area contributed by atoms with E-state index in [0.717, 1.165) is 17.0 Å². The first-order valence-corrected chi connectivity index (χ1v) is 12.0. The highest BCUT2D eigenvalue weighted by atomic mass is 35.5. The lowest BCUT2D eigenvalue weighted by Gasteiger charge is -2.32. The first-order valence-electron chi connectivity index (χ1n) is 11.2. The van der Waals surface area contributed by atoms with E-state index in [1.54, 1.807) is 0 Å². The lowest BCUT2D eigenvalue weighted by Crippen LogP contribution is -2.41. The van der Waals surface area contributed by atoms with Gasteiger partial charge in [0.25, 0.3) is 5.91 Å². The van der Waals surface area contributed by atoms with Gasteiger partial charge in [-0.15, -0.1) is 0 Å². The van der Waals surface area contributed by atoms with Crippen LogP contribution in [0.5, 0.6) is 5.75 Å². The van der Waals surface area contributed by atoms with Crippen molar-refractivity contribution in [2.24, 2.45) is 0 Å². The van der Waals surface area contributed by atoms with Crippen LogP contribution in [0.1, 0.15) is 22.3 Å². The van der Waals surface area contributed by atoms with Crippen molar-refractivity contribution >= 4 is 35.1 Å². The maximum Gasteiger partial charge on any atom is 0.340 e. The minimum atomic E-state index is -4.36. The van der Waals surface area contributed by atoms with Gasteiger partial charge in [0, 0.05) is 27.7 Å². The van der Waals surface area contributed by atoms with E-state index < -0.39 is 43.0 Å². The van der Waals surface area contributed by atoms with Gasteiger partial charge >= 0.3 is 18.3 Å². The van der Waals surface area contributed by atoms with Crippen molar-refractivity contribution in [2.45, 2.75) is 30.9 Å². The Labute approximate surface area is 229 Å². The number of aromatic nitrogens is 3. The fourth-order valence-corrected chi connectivity index (χ4v) is 4.19. The summed E-state index contributed by atoms with van der Waals surface area (Å²) < 4.78 is 56.9. The molecular weight excluding hydrogens is 571 g/mol. The number of halogens is 6. The number of hydrogen-bond acceptors (Lipinski definition) is 6. The van der Waals surface area contributed by atoms with E-state index in [2.05, 4.69) is 14.8 Å². The molecule has 15 heteroatoms. The number of carboxylic acids is 1. The molecule has 0 fully saturated rings. The molecule has 3 aromatic rings. The van der Waals surface area contributed by atoms with Gasteiger partial charge < -0.3 is 19.8 Å². The molecule has 1 amide bonds. The molecular formula is C24H22Cl2F4N4O5. The summed E-state index contributed by atoms with van der Waals surface area (Å²) in [5.74, 6) is -6.65. The minimum absolute atomic E-state index is 0.0337. The first kappa shape index (κ1) is 30.1. The molecule has 9 nitrogen and oxygen atoms in total. The Morgan fingerprint density at radius 2 is 1.82 bits per heavy atom. The summed E-state index contributed by atoms with van der Waals surface area (Å²) in [6.07, 6.45) is -1.48. The number of benzene rings is 2. The number of hydrogen-bond donors (Lipinski definition) is 2. The number of ether oxygens (including phenoxy) is 1. The number of rotatable bonds is 13. The molecule has 0 saturated heterocycles. The highest BCUT2D eigenvalue weighted by molar-refractivity contribution is 6.35. The molecule has 1 heterocycles. The molecule has 1 aromatic heterocycles. The van der Waals surface area contributed by atoms with Gasteiger partial charge in [-0.25, -0.2) is 18.4 Å². The third-order valence-corrected chi connectivity index (χ3v) is 6.13.